The predicted octanol–water partition coefficient (Wildman–Crippen LogP) is 4.13. The molecule has 5 nitrogen and oxygen atoms in total. The van der Waals surface area contributed by atoms with Crippen LogP contribution in [0, 0.1) is 5.92 Å². The lowest BCUT2D eigenvalue weighted by molar-refractivity contribution is -0.120. The fraction of sp³-hybridized carbons (Fsp3) is 0.450. The molecule has 1 aliphatic rings. The van der Waals surface area contributed by atoms with Gasteiger partial charge in [-0.3, -0.25) is 4.79 Å². The summed E-state index contributed by atoms with van der Waals surface area (Å²) < 4.78 is 27.2. The highest BCUT2D eigenvalue weighted by Gasteiger charge is 2.33. The summed E-state index contributed by atoms with van der Waals surface area (Å²) >= 11 is 1.21. The number of thiophene rings is 1. The predicted molar refractivity (Wildman–Crippen MR) is 109 cm³/mol. The summed E-state index contributed by atoms with van der Waals surface area (Å²) in [5, 5.41) is 4.70. The van der Waals surface area contributed by atoms with E-state index in [2.05, 4.69) is 12.2 Å². The van der Waals surface area contributed by atoms with Crippen LogP contribution in [0.25, 0.3) is 0 Å². The third-order valence-electron chi connectivity index (χ3n) is 4.88. The maximum Gasteiger partial charge on any atom is 0.252 e. The number of hydrogen-bond acceptors (Lipinski definition) is 4. The fourth-order valence-electron chi connectivity index (χ4n) is 3.29. The van der Waals surface area contributed by atoms with E-state index in [0.29, 0.717) is 23.6 Å². The molecule has 1 N–H and O–H groups in total. The van der Waals surface area contributed by atoms with Crippen LogP contribution in [0.3, 0.4) is 0 Å². The Kier molecular flexibility index (Phi) is 6.68. The molecular weight excluding hydrogens is 380 g/mol. The molecule has 1 amide bonds. The number of carbonyl (C=O) groups excluding carboxylic acids is 1. The van der Waals surface area contributed by atoms with Crippen molar-refractivity contribution in [1.29, 1.82) is 0 Å². The van der Waals surface area contributed by atoms with Crippen molar-refractivity contribution in [3.8, 4) is 0 Å². The first-order valence-electron chi connectivity index (χ1n) is 9.44. The molecule has 2 heterocycles. The largest absolute Gasteiger partial charge is 0.326 e. The Morgan fingerprint density at radius 3 is 2.70 bits per heavy atom. The molecule has 1 atom stereocenters. The lowest BCUT2D eigenvalue weighted by atomic mass is 9.98. The van der Waals surface area contributed by atoms with Crippen LogP contribution in [-0.4, -0.2) is 31.7 Å². The molecule has 0 bridgehead atoms. The van der Waals surface area contributed by atoms with Gasteiger partial charge in [-0.1, -0.05) is 31.5 Å². The normalized spacial score (nSPS) is 18.3. The second-order valence-electron chi connectivity index (χ2n) is 6.92. The molecular formula is C20H26N2O3S2. The van der Waals surface area contributed by atoms with Crippen molar-refractivity contribution >= 4 is 33.0 Å². The van der Waals surface area contributed by atoms with Gasteiger partial charge in [-0.15, -0.1) is 11.3 Å². The first-order chi connectivity index (χ1) is 13.0. The monoisotopic (exact) mass is 406 g/mol. The molecule has 2 aromatic rings. The highest BCUT2D eigenvalue weighted by molar-refractivity contribution is 7.91. The standard InChI is InChI=1S/C20H26N2O3S2/c1-2-3-6-16-9-11-18(12-10-16)21-20(23)17-7-4-13-22(15-17)27(24,25)19-8-5-14-26-19/h5,8-12,14,17H,2-4,6-7,13,15H2,1H3,(H,21,23)/t17-/m1/s1. The van der Waals surface area contributed by atoms with Gasteiger partial charge < -0.3 is 5.32 Å². The van der Waals surface area contributed by atoms with Crippen molar-refractivity contribution in [3.05, 3.63) is 47.3 Å². The summed E-state index contributed by atoms with van der Waals surface area (Å²) in [6, 6.07) is 11.3. The molecule has 146 valence electrons. The molecule has 0 aliphatic carbocycles. The third-order valence-corrected chi connectivity index (χ3v) is 8.12. The molecule has 3 rings (SSSR count). The van der Waals surface area contributed by atoms with E-state index >= 15 is 0 Å². The molecule has 1 saturated heterocycles. The van der Waals surface area contributed by atoms with E-state index in [0.717, 1.165) is 24.9 Å². The molecule has 1 fully saturated rings. The number of benzene rings is 1. The Balaban J connectivity index is 1.61. The van der Waals surface area contributed by atoms with Crippen LogP contribution in [0.15, 0.2) is 46.0 Å². The minimum atomic E-state index is -3.50. The van der Waals surface area contributed by atoms with Crippen LogP contribution in [0.5, 0.6) is 0 Å². The zero-order chi connectivity index (χ0) is 19.3. The zero-order valence-corrected chi connectivity index (χ0v) is 17.2. The van der Waals surface area contributed by atoms with Gasteiger partial charge in [0.1, 0.15) is 4.21 Å². The van der Waals surface area contributed by atoms with Crippen LogP contribution >= 0.6 is 11.3 Å². The number of piperidine rings is 1. The summed E-state index contributed by atoms with van der Waals surface area (Å²) in [7, 11) is -3.50. The number of hydrogen-bond donors (Lipinski definition) is 1. The SMILES string of the molecule is CCCCc1ccc(NC(=O)[C@@H]2CCCN(S(=O)(=O)c3cccs3)C2)cc1. The highest BCUT2D eigenvalue weighted by Crippen LogP contribution is 2.27. The number of anilines is 1. The second-order valence-corrected chi connectivity index (χ2v) is 10.0. The van der Waals surface area contributed by atoms with E-state index in [-0.39, 0.29) is 18.4 Å². The maximum atomic E-state index is 12.7. The number of amides is 1. The van der Waals surface area contributed by atoms with E-state index < -0.39 is 10.0 Å². The van der Waals surface area contributed by atoms with E-state index in [1.54, 1.807) is 17.5 Å². The summed E-state index contributed by atoms with van der Waals surface area (Å²) in [5.41, 5.74) is 2.03. The highest BCUT2D eigenvalue weighted by atomic mass is 32.2. The lowest BCUT2D eigenvalue weighted by Gasteiger charge is -2.30. The molecule has 0 radical (unpaired) electrons. The minimum Gasteiger partial charge on any atom is -0.326 e. The smallest absolute Gasteiger partial charge is 0.252 e. The Morgan fingerprint density at radius 1 is 1.26 bits per heavy atom. The topological polar surface area (TPSA) is 66.5 Å². The number of nitrogens with zero attached hydrogens (tertiary/aromatic N) is 1. The Hall–Kier alpha value is -1.70. The number of unbranched alkanes of at least 4 members (excludes halogenated alkanes) is 1. The van der Waals surface area contributed by atoms with Crippen molar-refractivity contribution in [2.24, 2.45) is 5.92 Å². The van der Waals surface area contributed by atoms with Crippen LogP contribution in [0.2, 0.25) is 0 Å². The van der Waals surface area contributed by atoms with Crippen LogP contribution < -0.4 is 5.32 Å². The molecule has 1 aromatic heterocycles. The van der Waals surface area contributed by atoms with Crippen molar-refractivity contribution < 1.29 is 13.2 Å². The summed E-state index contributed by atoms with van der Waals surface area (Å²) in [6.07, 6.45) is 4.76. The second kappa shape index (κ2) is 8.99. The van der Waals surface area contributed by atoms with Gasteiger partial charge in [0.05, 0.1) is 5.92 Å². The average molecular weight is 407 g/mol. The summed E-state index contributed by atoms with van der Waals surface area (Å²) in [4.78, 5) is 12.7. The van der Waals surface area contributed by atoms with Crippen LogP contribution in [0.1, 0.15) is 38.2 Å². The third kappa shape index (κ3) is 4.97. The van der Waals surface area contributed by atoms with Gasteiger partial charge in [-0.25, -0.2) is 8.42 Å². The van der Waals surface area contributed by atoms with Gasteiger partial charge in [-0.2, -0.15) is 4.31 Å². The molecule has 0 spiro atoms. The summed E-state index contributed by atoms with van der Waals surface area (Å²) in [5.74, 6) is -0.435. The first kappa shape index (κ1) is 20.0. The van der Waals surface area contributed by atoms with Crippen LogP contribution in [0.4, 0.5) is 5.69 Å². The maximum absolute atomic E-state index is 12.7. The Morgan fingerprint density at radius 2 is 2.04 bits per heavy atom. The molecule has 1 aromatic carbocycles. The first-order valence-corrected chi connectivity index (χ1v) is 11.8. The number of sulfonamides is 1. The summed E-state index contributed by atoms with van der Waals surface area (Å²) in [6.45, 7) is 2.87. The number of aryl methyl sites for hydroxylation is 1. The quantitative estimate of drug-likeness (QED) is 0.752. The fourth-order valence-corrected chi connectivity index (χ4v) is 5.96. The van der Waals surface area contributed by atoms with Gasteiger partial charge >= 0.3 is 0 Å². The van der Waals surface area contributed by atoms with Gasteiger partial charge in [0.2, 0.25) is 5.91 Å². The van der Waals surface area contributed by atoms with Crippen LogP contribution in [-0.2, 0) is 21.2 Å². The van der Waals surface area contributed by atoms with Crippen molar-refractivity contribution in [2.75, 3.05) is 18.4 Å². The Labute approximate surface area is 165 Å². The van der Waals surface area contributed by atoms with E-state index in [4.69, 9.17) is 0 Å². The molecule has 1 aliphatic heterocycles. The van der Waals surface area contributed by atoms with Gasteiger partial charge in [0.25, 0.3) is 10.0 Å². The van der Waals surface area contributed by atoms with E-state index in [9.17, 15) is 13.2 Å². The van der Waals surface area contributed by atoms with Crippen molar-refractivity contribution in [3.63, 3.8) is 0 Å². The van der Waals surface area contributed by atoms with Gasteiger partial charge in [0, 0.05) is 18.8 Å². The number of rotatable bonds is 7. The lowest BCUT2D eigenvalue weighted by Crippen LogP contribution is -2.43. The number of nitrogens with one attached hydrogen (secondary N) is 1. The van der Waals surface area contributed by atoms with E-state index in [1.807, 2.05) is 24.3 Å². The van der Waals surface area contributed by atoms with Gasteiger partial charge in [-0.05, 0) is 54.8 Å². The van der Waals surface area contributed by atoms with Crippen molar-refractivity contribution in [1.82, 2.24) is 4.31 Å². The minimum absolute atomic E-state index is 0.109. The molecule has 27 heavy (non-hydrogen) atoms. The zero-order valence-electron chi connectivity index (χ0n) is 15.6. The van der Waals surface area contributed by atoms with Crippen molar-refractivity contribution in [2.45, 2.75) is 43.2 Å². The van der Waals surface area contributed by atoms with E-state index in [1.165, 1.54) is 21.2 Å². The Bertz CT molecular complexity index is 846. The molecule has 0 saturated carbocycles. The number of carbonyl (C=O) groups is 1. The van der Waals surface area contributed by atoms with Gasteiger partial charge in [0.15, 0.2) is 0 Å². The molecule has 7 heteroatoms. The molecule has 0 unspecified atom stereocenters. The average Bonchev–Trinajstić information content (AvgIpc) is 3.23.